The van der Waals surface area contributed by atoms with Crippen molar-refractivity contribution < 1.29 is 0 Å². The predicted octanol–water partition coefficient (Wildman–Crippen LogP) is 5.69. The Morgan fingerprint density at radius 3 is 2.76 bits per heavy atom. The van der Waals surface area contributed by atoms with Crippen LogP contribution >= 0.6 is 61.5 Å². The summed E-state index contributed by atoms with van der Waals surface area (Å²) in [5.41, 5.74) is 0.981. The van der Waals surface area contributed by atoms with Crippen LogP contribution in [0.5, 0.6) is 0 Å². The van der Waals surface area contributed by atoms with Gasteiger partial charge in [0.25, 0.3) is 0 Å². The lowest BCUT2D eigenvalue weighted by molar-refractivity contribution is 1.19. The molecular weight excluding hydrogens is 432 g/mol. The van der Waals surface area contributed by atoms with Crippen molar-refractivity contribution in [3.8, 4) is 0 Å². The van der Waals surface area contributed by atoms with Gasteiger partial charge in [0.05, 0.1) is 10.7 Å². The van der Waals surface area contributed by atoms with Crippen LogP contribution in [0.4, 0.5) is 5.69 Å². The molecule has 1 aromatic heterocycles. The Kier molecular flexibility index (Phi) is 4.74. The van der Waals surface area contributed by atoms with Crippen LogP contribution in [-0.4, -0.2) is 0 Å². The number of benzene rings is 1. The molecule has 0 spiro atoms. The highest BCUT2D eigenvalue weighted by Crippen LogP contribution is 2.28. The predicted molar refractivity (Wildman–Crippen MR) is 88.3 cm³/mol. The third-order valence-electron chi connectivity index (χ3n) is 2.29. The van der Waals surface area contributed by atoms with Gasteiger partial charge in [-0.1, -0.05) is 11.6 Å². The molecule has 90 valence electrons. The first-order valence-electron chi connectivity index (χ1n) is 5.00. The smallest absolute Gasteiger partial charge is 0.0648 e. The van der Waals surface area contributed by atoms with Gasteiger partial charge in [0.1, 0.15) is 0 Å². The average Bonchev–Trinajstić information content (AvgIpc) is 2.57. The summed E-state index contributed by atoms with van der Waals surface area (Å²) in [6.07, 6.45) is 0. The molecule has 0 amide bonds. The number of anilines is 1. The molecule has 0 fully saturated rings. The van der Waals surface area contributed by atoms with Crippen LogP contribution in [0.3, 0.4) is 0 Å². The quantitative estimate of drug-likeness (QED) is 0.603. The Bertz CT molecular complexity index is 522. The SMILES string of the molecule is Cc1sc(CNc2ccc(I)cc2Cl)cc1Br. The Hall–Kier alpha value is 0.220. The van der Waals surface area contributed by atoms with E-state index in [0.29, 0.717) is 0 Å². The van der Waals surface area contributed by atoms with Crippen molar-refractivity contribution in [3.63, 3.8) is 0 Å². The zero-order chi connectivity index (χ0) is 12.4. The van der Waals surface area contributed by atoms with Crippen molar-refractivity contribution in [2.75, 3.05) is 5.32 Å². The molecule has 1 N–H and O–H groups in total. The highest BCUT2D eigenvalue weighted by Gasteiger charge is 2.04. The van der Waals surface area contributed by atoms with Crippen LogP contribution in [0.2, 0.25) is 5.02 Å². The van der Waals surface area contributed by atoms with Gasteiger partial charge in [-0.15, -0.1) is 11.3 Å². The van der Waals surface area contributed by atoms with Crippen LogP contribution < -0.4 is 5.32 Å². The molecule has 2 rings (SSSR count). The zero-order valence-corrected chi connectivity index (χ0v) is 14.4. The molecule has 0 aliphatic heterocycles. The number of hydrogen-bond acceptors (Lipinski definition) is 2. The largest absolute Gasteiger partial charge is 0.379 e. The first-order valence-corrected chi connectivity index (χ1v) is 8.06. The summed E-state index contributed by atoms with van der Waals surface area (Å²) in [7, 11) is 0. The summed E-state index contributed by atoms with van der Waals surface area (Å²) in [6.45, 7) is 2.91. The summed E-state index contributed by atoms with van der Waals surface area (Å²) >= 11 is 13.7. The standard InChI is InChI=1S/C12H10BrClINS/c1-7-10(13)5-9(17-7)6-16-12-3-2-8(15)4-11(12)14/h2-5,16H,6H2,1H3. The van der Waals surface area contributed by atoms with Crippen molar-refractivity contribution in [2.45, 2.75) is 13.5 Å². The van der Waals surface area contributed by atoms with Crippen molar-refractivity contribution in [1.29, 1.82) is 0 Å². The molecule has 0 aliphatic rings. The summed E-state index contributed by atoms with van der Waals surface area (Å²) in [5.74, 6) is 0. The topological polar surface area (TPSA) is 12.0 Å². The molecule has 17 heavy (non-hydrogen) atoms. The van der Waals surface area contributed by atoms with Gasteiger partial charge in [-0.3, -0.25) is 0 Å². The van der Waals surface area contributed by atoms with Gasteiger partial charge in [-0.25, -0.2) is 0 Å². The average molecular weight is 443 g/mol. The molecule has 0 saturated carbocycles. The second-order valence-corrected chi connectivity index (χ2v) is 7.44. The Morgan fingerprint density at radius 1 is 1.41 bits per heavy atom. The molecule has 1 heterocycles. The Balaban J connectivity index is 2.07. The Labute approximate surface area is 132 Å². The van der Waals surface area contributed by atoms with Crippen LogP contribution in [0.25, 0.3) is 0 Å². The number of nitrogens with one attached hydrogen (secondary N) is 1. The zero-order valence-electron chi connectivity index (χ0n) is 9.06. The number of halogens is 3. The molecule has 0 radical (unpaired) electrons. The van der Waals surface area contributed by atoms with Crippen LogP contribution in [0, 0.1) is 10.5 Å². The maximum absolute atomic E-state index is 6.16. The third kappa shape index (κ3) is 3.59. The summed E-state index contributed by atoms with van der Waals surface area (Å²) in [6, 6.07) is 8.16. The minimum absolute atomic E-state index is 0.768. The van der Waals surface area contributed by atoms with E-state index in [1.807, 2.05) is 18.2 Å². The van der Waals surface area contributed by atoms with Gasteiger partial charge in [-0.05, 0) is 69.7 Å². The minimum atomic E-state index is 0.768. The van der Waals surface area contributed by atoms with E-state index < -0.39 is 0 Å². The van der Waals surface area contributed by atoms with E-state index in [9.17, 15) is 0 Å². The molecule has 1 aromatic carbocycles. The molecule has 0 unspecified atom stereocenters. The minimum Gasteiger partial charge on any atom is -0.379 e. The van der Waals surface area contributed by atoms with Gasteiger partial charge in [0, 0.05) is 24.3 Å². The fourth-order valence-corrected chi connectivity index (χ4v) is 3.88. The fraction of sp³-hybridized carbons (Fsp3) is 0.167. The number of hydrogen-bond donors (Lipinski definition) is 1. The summed E-state index contributed by atoms with van der Waals surface area (Å²) in [5, 5.41) is 4.12. The van der Waals surface area contributed by atoms with E-state index in [0.717, 1.165) is 20.8 Å². The maximum atomic E-state index is 6.16. The van der Waals surface area contributed by atoms with Gasteiger partial charge >= 0.3 is 0 Å². The third-order valence-corrected chi connectivity index (χ3v) is 5.41. The molecule has 1 nitrogen and oxygen atoms in total. The van der Waals surface area contributed by atoms with E-state index in [1.54, 1.807) is 11.3 Å². The van der Waals surface area contributed by atoms with Crippen LogP contribution in [-0.2, 0) is 6.54 Å². The lowest BCUT2D eigenvalue weighted by Gasteiger charge is -2.07. The summed E-state index contributed by atoms with van der Waals surface area (Å²) < 4.78 is 2.32. The lowest BCUT2D eigenvalue weighted by atomic mass is 10.3. The molecule has 5 heteroatoms. The van der Waals surface area contributed by atoms with Gasteiger partial charge < -0.3 is 5.32 Å². The molecule has 0 saturated heterocycles. The van der Waals surface area contributed by atoms with Gasteiger partial charge in [-0.2, -0.15) is 0 Å². The lowest BCUT2D eigenvalue weighted by Crippen LogP contribution is -1.97. The van der Waals surface area contributed by atoms with Gasteiger partial charge in [0.2, 0.25) is 0 Å². The first-order chi connectivity index (χ1) is 8.06. The van der Waals surface area contributed by atoms with E-state index >= 15 is 0 Å². The molecule has 0 aliphatic carbocycles. The summed E-state index contributed by atoms with van der Waals surface area (Å²) in [4.78, 5) is 2.60. The molecule has 0 atom stereocenters. The van der Waals surface area contributed by atoms with Crippen molar-refractivity contribution >= 4 is 67.1 Å². The number of rotatable bonds is 3. The van der Waals surface area contributed by atoms with E-state index in [4.69, 9.17) is 11.6 Å². The van der Waals surface area contributed by atoms with Gasteiger partial charge in [0.15, 0.2) is 0 Å². The fourth-order valence-electron chi connectivity index (χ4n) is 1.42. The monoisotopic (exact) mass is 441 g/mol. The van der Waals surface area contributed by atoms with E-state index in [1.165, 1.54) is 14.2 Å². The van der Waals surface area contributed by atoms with Crippen molar-refractivity contribution in [1.82, 2.24) is 0 Å². The molecule has 0 bridgehead atoms. The highest BCUT2D eigenvalue weighted by molar-refractivity contribution is 14.1. The number of thiophene rings is 1. The van der Waals surface area contributed by atoms with Crippen LogP contribution in [0.15, 0.2) is 28.7 Å². The van der Waals surface area contributed by atoms with Crippen LogP contribution in [0.1, 0.15) is 9.75 Å². The van der Waals surface area contributed by atoms with Crippen molar-refractivity contribution in [3.05, 3.63) is 47.1 Å². The maximum Gasteiger partial charge on any atom is 0.0648 e. The molecule has 2 aromatic rings. The highest BCUT2D eigenvalue weighted by atomic mass is 127. The number of aryl methyl sites for hydroxylation is 1. The second-order valence-electron chi connectivity index (χ2n) is 3.59. The second kappa shape index (κ2) is 5.91. The first kappa shape index (κ1) is 13.6. The van der Waals surface area contributed by atoms with E-state index in [2.05, 4.69) is 56.8 Å². The molecular formula is C12H10BrClINS. The van der Waals surface area contributed by atoms with E-state index in [-0.39, 0.29) is 0 Å². The Morgan fingerprint density at radius 2 is 2.18 bits per heavy atom. The van der Waals surface area contributed by atoms with Crippen molar-refractivity contribution in [2.24, 2.45) is 0 Å². The normalized spacial score (nSPS) is 10.6.